The highest BCUT2D eigenvalue weighted by Gasteiger charge is 2.28. The fourth-order valence-corrected chi connectivity index (χ4v) is 3.95. The molecule has 0 unspecified atom stereocenters. The van der Waals surface area contributed by atoms with Gasteiger partial charge in [0.1, 0.15) is 0 Å². The van der Waals surface area contributed by atoms with E-state index in [0.29, 0.717) is 19.1 Å². The van der Waals surface area contributed by atoms with Crippen LogP contribution in [0, 0.1) is 0 Å². The van der Waals surface area contributed by atoms with Crippen molar-refractivity contribution in [3.63, 3.8) is 0 Å². The average molecular weight is 307 g/mol. The lowest BCUT2D eigenvalue weighted by Crippen LogP contribution is -2.39. The van der Waals surface area contributed by atoms with Gasteiger partial charge in [0.2, 0.25) is 5.91 Å². The summed E-state index contributed by atoms with van der Waals surface area (Å²) in [5.74, 6) is 1.28. The molecule has 1 aromatic heterocycles. The van der Waals surface area contributed by atoms with Gasteiger partial charge in [-0.3, -0.25) is 14.7 Å². The van der Waals surface area contributed by atoms with E-state index >= 15 is 0 Å². The van der Waals surface area contributed by atoms with Crippen molar-refractivity contribution in [2.75, 3.05) is 19.3 Å². The van der Waals surface area contributed by atoms with Crippen LogP contribution in [0.3, 0.4) is 0 Å². The summed E-state index contributed by atoms with van der Waals surface area (Å²) < 4.78 is 0. The maximum atomic E-state index is 12.0. The molecular weight excluding hydrogens is 282 g/mol. The Hall–Kier alpha value is -1.07. The first-order chi connectivity index (χ1) is 10.2. The van der Waals surface area contributed by atoms with Crippen LogP contribution >= 0.6 is 11.8 Å². The smallest absolute Gasteiger partial charge is 0.234 e. The molecule has 116 valence electrons. The van der Waals surface area contributed by atoms with Crippen molar-refractivity contribution in [1.82, 2.24) is 15.2 Å². The van der Waals surface area contributed by atoms with Crippen LogP contribution < -0.4 is 5.32 Å². The summed E-state index contributed by atoms with van der Waals surface area (Å²) in [4.78, 5) is 18.3. The van der Waals surface area contributed by atoms with Gasteiger partial charge in [0, 0.05) is 30.2 Å². The van der Waals surface area contributed by atoms with Crippen LogP contribution in [0.25, 0.3) is 0 Å². The van der Waals surface area contributed by atoms with Gasteiger partial charge in [-0.15, -0.1) is 0 Å². The molecule has 1 aliphatic carbocycles. The first-order valence-electron chi connectivity index (χ1n) is 7.66. The lowest BCUT2D eigenvalue weighted by molar-refractivity contribution is -0.122. The minimum atomic E-state index is 0.0907. The Bertz CT molecular complexity index is 440. The van der Waals surface area contributed by atoms with E-state index in [0.717, 1.165) is 10.8 Å². The molecule has 0 aliphatic heterocycles. The number of amides is 1. The Balaban J connectivity index is 1.70. The van der Waals surface area contributed by atoms with Gasteiger partial charge in [-0.05, 0) is 43.7 Å². The standard InChI is InChI=1S/C16H25N3OS/c1-3-21-15-7-6-14(9-15)19(2)12-16(20)18-11-13-5-4-8-17-10-13/h4-5,8,10,14-15H,3,6-7,9,11-12H2,1-2H3,(H,18,20)/t14-,15+/m1/s1. The lowest BCUT2D eigenvalue weighted by Gasteiger charge is -2.23. The number of hydrogen-bond donors (Lipinski definition) is 1. The van der Waals surface area contributed by atoms with Crippen molar-refractivity contribution in [2.24, 2.45) is 0 Å². The highest BCUT2D eigenvalue weighted by Crippen LogP contribution is 2.31. The number of aromatic nitrogens is 1. The number of hydrogen-bond acceptors (Lipinski definition) is 4. The van der Waals surface area contributed by atoms with Crippen LogP contribution in [-0.4, -0.2) is 46.4 Å². The fraction of sp³-hybridized carbons (Fsp3) is 0.625. The topological polar surface area (TPSA) is 45.2 Å². The summed E-state index contributed by atoms with van der Waals surface area (Å²) in [7, 11) is 2.06. The van der Waals surface area contributed by atoms with Crippen LogP contribution in [-0.2, 0) is 11.3 Å². The Kier molecular flexibility index (Phi) is 6.51. The van der Waals surface area contributed by atoms with Gasteiger partial charge in [0.15, 0.2) is 0 Å². The van der Waals surface area contributed by atoms with E-state index in [1.54, 1.807) is 12.4 Å². The third-order valence-electron chi connectivity index (χ3n) is 3.99. The Labute approximate surface area is 131 Å². The highest BCUT2D eigenvalue weighted by atomic mass is 32.2. The van der Waals surface area contributed by atoms with Crippen LogP contribution in [0.1, 0.15) is 31.7 Å². The van der Waals surface area contributed by atoms with Gasteiger partial charge in [0.05, 0.1) is 6.54 Å². The molecule has 5 heteroatoms. The molecule has 1 N–H and O–H groups in total. The monoisotopic (exact) mass is 307 g/mol. The van der Waals surface area contributed by atoms with Crippen molar-refractivity contribution in [2.45, 2.75) is 44.0 Å². The summed E-state index contributed by atoms with van der Waals surface area (Å²) in [6.07, 6.45) is 7.23. The van der Waals surface area contributed by atoms with Crippen molar-refractivity contribution in [3.05, 3.63) is 30.1 Å². The number of rotatable bonds is 7. The molecule has 0 saturated heterocycles. The predicted molar refractivity (Wildman–Crippen MR) is 88.3 cm³/mol. The molecule has 2 rings (SSSR count). The molecule has 4 nitrogen and oxygen atoms in total. The number of pyridine rings is 1. The van der Waals surface area contributed by atoms with Crippen molar-refractivity contribution >= 4 is 17.7 Å². The van der Waals surface area contributed by atoms with E-state index in [9.17, 15) is 4.79 Å². The van der Waals surface area contributed by atoms with E-state index in [1.165, 1.54) is 25.0 Å². The normalized spacial score (nSPS) is 21.7. The number of carbonyl (C=O) groups is 1. The molecule has 0 radical (unpaired) electrons. The quantitative estimate of drug-likeness (QED) is 0.839. The van der Waals surface area contributed by atoms with E-state index in [-0.39, 0.29) is 5.91 Å². The van der Waals surface area contributed by atoms with Crippen LogP contribution in [0.2, 0.25) is 0 Å². The van der Waals surface area contributed by atoms with Crippen LogP contribution in [0.15, 0.2) is 24.5 Å². The molecule has 1 aliphatic rings. The lowest BCUT2D eigenvalue weighted by atomic mass is 10.2. The molecule has 1 saturated carbocycles. The third kappa shape index (κ3) is 5.32. The molecule has 0 bridgehead atoms. The molecule has 0 aromatic carbocycles. The third-order valence-corrected chi connectivity index (χ3v) is 5.22. The van der Waals surface area contributed by atoms with Crippen molar-refractivity contribution < 1.29 is 4.79 Å². The maximum Gasteiger partial charge on any atom is 0.234 e. The van der Waals surface area contributed by atoms with Gasteiger partial charge in [-0.1, -0.05) is 13.0 Å². The van der Waals surface area contributed by atoms with Crippen molar-refractivity contribution in [3.8, 4) is 0 Å². The number of nitrogens with one attached hydrogen (secondary N) is 1. The fourth-order valence-electron chi connectivity index (χ4n) is 2.82. The van der Waals surface area contributed by atoms with E-state index in [1.807, 2.05) is 12.1 Å². The van der Waals surface area contributed by atoms with E-state index in [4.69, 9.17) is 0 Å². The van der Waals surface area contributed by atoms with Gasteiger partial charge < -0.3 is 5.32 Å². The number of likely N-dealkylation sites (N-methyl/N-ethyl adjacent to an activating group) is 1. The second kappa shape index (κ2) is 8.39. The molecule has 21 heavy (non-hydrogen) atoms. The summed E-state index contributed by atoms with van der Waals surface area (Å²) in [6, 6.07) is 4.41. The van der Waals surface area contributed by atoms with E-state index < -0.39 is 0 Å². The Morgan fingerprint density at radius 3 is 3.10 bits per heavy atom. The second-order valence-corrected chi connectivity index (χ2v) is 7.17. The van der Waals surface area contributed by atoms with E-state index in [2.05, 4.69) is 40.9 Å². The zero-order chi connectivity index (χ0) is 15.1. The Morgan fingerprint density at radius 1 is 1.52 bits per heavy atom. The first-order valence-corrected chi connectivity index (χ1v) is 8.71. The van der Waals surface area contributed by atoms with Gasteiger partial charge >= 0.3 is 0 Å². The summed E-state index contributed by atoms with van der Waals surface area (Å²) in [5, 5.41) is 3.74. The minimum absolute atomic E-state index is 0.0907. The number of carbonyl (C=O) groups excluding carboxylic acids is 1. The van der Waals surface area contributed by atoms with Crippen LogP contribution in [0.4, 0.5) is 0 Å². The van der Waals surface area contributed by atoms with Gasteiger partial charge in [-0.2, -0.15) is 11.8 Å². The first kappa shape index (κ1) is 16.3. The molecule has 1 aromatic rings. The zero-order valence-electron chi connectivity index (χ0n) is 12.9. The molecule has 1 heterocycles. The molecular formula is C16H25N3OS. The largest absolute Gasteiger partial charge is 0.351 e. The summed E-state index contributed by atoms with van der Waals surface area (Å²) in [6.45, 7) is 3.25. The number of nitrogens with zero attached hydrogens (tertiary/aromatic N) is 2. The SMILES string of the molecule is CCS[C@H]1CC[C@@H](N(C)CC(=O)NCc2cccnc2)C1. The molecule has 2 atom stereocenters. The molecule has 1 amide bonds. The summed E-state index contributed by atoms with van der Waals surface area (Å²) >= 11 is 2.05. The Morgan fingerprint density at radius 2 is 2.38 bits per heavy atom. The number of thioether (sulfide) groups is 1. The van der Waals surface area contributed by atoms with Gasteiger partial charge in [-0.25, -0.2) is 0 Å². The summed E-state index contributed by atoms with van der Waals surface area (Å²) in [5.41, 5.74) is 1.04. The molecule has 1 fully saturated rings. The highest BCUT2D eigenvalue weighted by molar-refractivity contribution is 7.99. The zero-order valence-corrected chi connectivity index (χ0v) is 13.7. The van der Waals surface area contributed by atoms with Gasteiger partial charge in [0.25, 0.3) is 0 Å². The van der Waals surface area contributed by atoms with Crippen LogP contribution in [0.5, 0.6) is 0 Å². The maximum absolute atomic E-state index is 12.0. The predicted octanol–water partition coefficient (Wildman–Crippen LogP) is 2.30. The van der Waals surface area contributed by atoms with Crippen molar-refractivity contribution in [1.29, 1.82) is 0 Å². The minimum Gasteiger partial charge on any atom is -0.351 e. The second-order valence-electron chi connectivity index (χ2n) is 5.60. The molecule has 0 spiro atoms. The average Bonchev–Trinajstić information content (AvgIpc) is 2.95.